The first-order valence-electron chi connectivity index (χ1n) is 3.91. The SMILES string of the molecule is NS(=O)(=O)C1CCN(C(=O)O)CC1. The van der Waals surface area contributed by atoms with Crippen LogP contribution in [0.3, 0.4) is 0 Å². The van der Waals surface area contributed by atoms with Gasteiger partial charge in [-0.15, -0.1) is 0 Å². The number of nitrogens with two attached hydrogens (primary N) is 1. The summed E-state index contributed by atoms with van der Waals surface area (Å²) in [6, 6.07) is 0. The number of amides is 1. The van der Waals surface area contributed by atoms with Gasteiger partial charge in [-0.05, 0) is 12.8 Å². The molecule has 0 aliphatic carbocycles. The van der Waals surface area contributed by atoms with Crippen molar-refractivity contribution < 1.29 is 18.3 Å². The Labute approximate surface area is 76.4 Å². The first kappa shape index (κ1) is 10.3. The topological polar surface area (TPSA) is 101 Å². The second-order valence-corrected chi connectivity index (χ2v) is 4.90. The van der Waals surface area contributed by atoms with Gasteiger partial charge in [0, 0.05) is 13.1 Å². The summed E-state index contributed by atoms with van der Waals surface area (Å²) in [7, 11) is -3.49. The normalized spacial score (nSPS) is 20.2. The average molecular weight is 208 g/mol. The lowest BCUT2D eigenvalue weighted by atomic mass is 10.1. The number of hydrogen-bond donors (Lipinski definition) is 2. The molecule has 3 N–H and O–H groups in total. The first-order chi connectivity index (χ1) is 5.91. The maximum atomic E-state index is 10.9. The number of carboxylic acid groups (broad SMARTS) is 1. The molecule has 0 atom stereocenters. The molecule has 1 aliphatic heterocycles. The van der Waals surface area contributed by atoms with Gasteiger partial charge >= 0.3 is 6.09 Å². The van der Waals surface area contributed by atoms with E-state index >= 15 is 0 Å². The summed E-state index contributed by atoms with van der Waals surface area (Å²) in [5, 5.41) is 12.9. The minimum Gasteiger partial charge on any atom is -0.465 e. The van der Waals surface area contributed by atoms with Crippen molar-refractivity contribution in [2.45, 2.75) is 18.1 Å². The van der Waals surface area contributed by atoms with Crippen LogP contribution in [0.2, 0.25) is 0 Å². The number of hydrogen-bond acceptors (Lipinski definition) is 3. The van der Waals surface area contributed by atoms with E-state index in [1.807, 2.05) is 0 Å². The fourth-order valence-corrected chi connectivity index (χ4v) is 2.24. The molecule has 6 nitrogen and oxygen atoms in total. The van der Waals surface area contributed by atoms with Crippen LogP contribution in [0, 0.1) is 0 Å². The number of rotatable bonds is 1. The Bertz CT molecular complexity index is 292. The second-order valence-electron chi connectivity index (χ2n) is 3.06. The van der Waals surface area contributed by atoms with Gasteiger partial charge in [-0.25, -0.2) is 18.4 Å². The third kappa shape index (κ3) is 2.56. The standard InChI is InChI=1S/C6H12N2O4S/c7-13(11,12)5-1-3-8(4-2-5)6(9)10/h5H,1-4H2,(H,9,10)(H2,7,11,12). The Morgan fingerprint density at radius 2 is 1.85 bits per heavy atom. The zero-order valence-electron chi connectivity index (χ0n) is 7.01. The monoisotopic (exact) mass is 208 g/mol. The highest BCUT2D eigenvalue weighted by Gasteiger charge is 2.28. The van der Waals surface area contributed by atoms with Crippen LogP contribution in [-0.4, -0.2) is 42.9 Å². The zero-order valence-corrected chi connectivity index (χ0v) is 7.83. The van der Waals surface area contributed by atoms with E-state index in [-0.39, 0.29) is 13.1 Å². The van der Waals surface area contributed by atoms with E-state index in [1.54, 1.807) is 0 Å². The zero-order chi connectivity index (χ0) is 10.1. The maximum absolute atomic E-state index is 10.9. The minimum absolute atomic E-state index is 0.246. The van der Waals surface area contributed by atoms with Crippen molar-refractivity contribution in [1.29, 1.82) is 0 Å². The molecule has 76 valence electrons. The number of likely N-dealkylation sites (tertiary alicyclic amines) is 1. The van der Waals surface area contributed by atoms with E-state index in [1.165, 1.54) is 4.90 Å². The van der Waals surface area contributed by atoms with E-state index in [4.69, 9.17) is 10.2 Å². The Morgan fingerprint density at radius 3 is 2.15 bits per heavy atom. The predicted molar refractivity (Wildman–Crippen MR) is 45.7 cm³/mol. The fourth-order valence-electron chi connectivity index (χ4n) is 1.38. The summed E-state index contributed by atoms with van der Waals surface area (Å²) in [6.45, 7) is 0.493. The summed E-state index contributed by atoms with van der Waals surface area (Å²) in [6.07, 6.45) is -0.413. The molecule has 0 aromatic carbocycles. The minimum atomic E-state index is -3.49. The summed E-state index contributed by atoms with van der Waals surface area (Å²) < 4.78 is 21.7. The largest absolute Gasteiger partial charge is 0.465 e. The maximum Gasteiger partial charge on any atom is 0.407 e. The quantitative estimate of drug-likeness (QED) is 0.601. The molecule has 0 aromatic heterocycles. The van der Waals surface area contributed by atoms with Crippen LogP contribution in [0.5, 0.6) is 0 Å². The van der Waals surface area contributed by atoms with Crippen LogP contribution in [0.25, 0.3) is 0 Å². The van der Waals surface area contributed by atoms with Crippen LogP contribution in [-0.2, 0) is 10.0 Å². The van der Waals surface area contributed by atoms with Gasteiger partial charge in [0.25, 0.3) is 0 Å². The van der Waals surface area contributed by atoms with Crippen molar-refractivity contribution >= 4 is 16.1 Å². The molecule has 1 saturated heterocycles. The van der Waals surface area contributed by atoms with Gasteiger partial charge in [-0.2, -0.15) is 0 Å². The molecule has 1 fully saturated rings. The predicted octanol–water partition coefficient (Wildman–Crippen LogP) is -0.583. The Morgan fingerprint density at radius 1 is 1.38 bits per heavy atom. The molecule has 0 unspecified atom stereocenters. The molecule has 1 heterocycles. The van der Waals surface area contributed by atoms with Crippen molar-refractivity contribution in [2.24, 2.45) is 5.14 Å². The van der Waals surface area contributed by atoms with Crippen LogP contribution >= 0.6 is 0 Å². The number of carbonyl (C=O) groups is 1. The molecular weight excluding hydrogens is 196 g/mol. The van der Waals surface area contributed by atoms with Gasteiger partial charge in [0.1, 0.15) is 0 Å². The fraction of sp³-hybridized carbons (Fsp3) is 0.833. The summed E-state index contributed by atoms with van der Waals surface area (Å²) in [5.74, 6) is 0. The average Bonchev–Trinajstić information content (AvgIpc) is 2.03. The van der Waals surface area contributed by atoms with E-state index in [2.05, 4.69) is 0 Å². The molecule has 1 amide bonds. The summed E-state index contributed by atoms with van der Waals surface area (Å²) in [4.78, 5) is 11.7. The van der Waals surface area contributed by atoms with Gasteiger partial charge in [0.15, 0.2) is 0 Å². The van der Waals surface area contributed by atoms with E-state index in [0.717, 1.165) is 0 Å². The van der Waals surface area contributed by atoms with Gasteiger partial charge in [0.2, 0.25) is 10.0 Å². The molecule has 1 rings (SSSR count). The number of piperidine rings is 1. The third-order valence-electron chi connectivity index (χ3n) is 2.18. The van der Waals surface area contributed by atoms with Crippen LogP contribution < -0.4 is 5.14 Å². The lowest BCUT2D eigenvalue weighted by molar-refractivity contribution is 0.136. The highest BCUT2D eigenvalue weighted by molar-refractivity contribution is 7.89. The molecule has 1 aliphatic rings. The van der Waals surface area contributed by atoms with Crippen LogP contribution in [0.15, 0.2) is 0 Å². The second kappa shape index (κ2) is 3.51. The molecule has 13 heavy (non-hydrogen) atoms. The smallest absolute Gasteiger partial charge is 0.407 e. The number of primary sulfonamides is 1. The van der Waals surface area contributed by atoms with Gasteiger partial charge in [-0.1, -0.05) is 0 Å². The van der Waals surface area contributed by atoms with E-state index in [9.17, 15) is 13.2 Å². The third-order valence-corrected chi connectivity index (χ3v) is 3.58. The summed E-state index contributed by atoms with van der Waals surface area (Å²) >= 11 is 0. The first-order valence-corrected chi connectivity index (χ1v) is 5.51. The molecule has 0 radical (unpaired) electrons. The Hall–Kier alpha value is -0.820. The Kier molecular flexibility index (Phi) is 2.77. The lowest BCUT2D eigenvalue weighted by Gasteiger charge is -2.28. The molecule has 7 heteroatoms. The van der Waals surface area contributed by atoms with Gasteiger partial charge in [0.05, 0.1) is 5.25 Å². The molecule has 0 spiro atoms. The van der Waals surface area contributed by atoms with Crippen molar-refractivity contribution in [2.75, 3.05) is 13.1 Å². The summed E-state index contributed by atoms with van der Waals surface area (Å²) in [5.41, 5.74) is 0. The van der Waals surface area contributed by atoms with Crippen LogP contribution in [0.1, 0.15) is 12.8 Å². The molecule has 0 saturated carbocycles. The van der Waals surface area contributed by atoms with E-state index in [0.29, 0.717) is 12.8 Å². The van der Waals surface area contributed by atoms with E-state index < -0.39 is 21.4 Å². The molecule has 0 bridgehead atoms. The number of nitrogens with zero attached hydrogens (tertiary/aromatic N) is 1. The molecule has 0 aromatic rings. The van der Waals surface area contributed by atoms with Crippen molar-refractivity contribution in [1.82, 2.24) is 4.90 Å². The molecular formula is C6H12N2O4S. The highest BCUT2D eigenvalue weighted by atomic mass is 32.2. The van der Waals surface area contributed by atoms with Crippen molar-refractivity contribution in [3.05, 3.63) is 0 Å². The lowest BCUT2D eigenvalue weighted by Crippen LogP contribution is -2.43. The van der Waals surface area contributed by atoms with Crippen LogP contribution in [0.4, 0.5) is 4.79 Å². The van der Waals surface area contributed by atoms with Gasteiger partial charge in [-0.3, -0.25) is 0 Å². The Balaban J connectivity index is 2.53. The van der Waals surface area contributed by atoms with Gasteiger partial charge < -0.3 is 10.0 Å². The van der Waals surface area contributed by atoms with Crippen molar-refractivity contribution in [3.8, 4) is 0 Å². The number of sulfonamides is 1. The van der Waals surface area contributed by atoms with Crippen molar-refractivity contribution in [3.63, 3.8) is 0 Å². The highest BCUT2D eigenvalue weighted by Crippen LogP contribution is 2.15.